The van der Waals surface area contributed by atoms with Gasteiger partial charge in [0.2, 0.25) is 0 Å². The lowest BCUT2D eigenvalue weighted by Gasteiger charge is -2.59. The number of amides is 3. The molecule has 1 aromatic carbocycles. The quantitative estimate of drug-likeness (QED) is 0.806. The lowest BCUT2D eigenvalue weighted by Crippen LogP contribution is -2.65. The van der Waals surface area contributed by atoms with E-state index in [-0.39, 0.29) is 23.9 Å². The summed E-state index contributed by atoms with van der Waals surface area (Å²) in [5, 5.41) is 2.50. The summed E-state index contributed by atoms with van der Waals surface area (Å²) in [6.45, 7) is 1.54. The minimum atomic E-state index is -0.693. The minimum Gasteiger partial charge on any atom is -0.445 e. The topological polar surface area (TPSA) is 87.9 Å². The number of hydrogen-bond acceptors (Lipinski definition) is 5. The number of carbonyl (C=O) groups is 2. The van der Waals surface area contributed by atoms with Crippen LogP contribution in [0.3, 0.4) is 0 Å². The van der Waals surface area contributed by atoms with Gasteiger partial charge in [-0.1, -0.05) is 6.07 Å². The van der Waals surface area contributed by atoms with Gasteiger partial charge in [-0.25, -0.2) is 19.0 Å². The van der Waals surface area contributed by atoms with Crippen LogP contribution in [-0.2, 0) is 17.8 Å². The summed E-state index contributed by atoms with van der Waals surface area (Å²) in [5.74, 6) is 0.495. The highest BCUT2D eigenvalue weighted by atomic mass is 19.1. The molecule has 8 nitrogen and oxygen atoms in total. The molecule has 160 valence electrons. The van der Waals surface area contributed by atoms with E-state index in [2.05, 4.69) is 10.3 Å². The third-order valence-corrected chi connectivity index (χ3v) is 5.79. The Morgan fingerprint density at radius 2 is 2.13 bits per heavy atom. The fourth-order valence-electron chi connectivity index (χ4n) is 4.45. The molecule has 0 radical (unpaired) electrons. The molecular weight excluding hydrogens is 391 g/mol. The molecule has 0 unspecified atom stereocenters. The third kappa shape index (κ3) is 4.24. The summed E-state index contributed by atoms with van der Waals surface area (Å²) in [4.78, 5) is 30.9. The Morgan fingerprint density at radius 3 is 2.77 bits per heavy atom. The summed E-state index contributed by atoms with van der Waals surface area (Å²) in [6.07, 6.45) is 4.69. The van der Waals surface area contributed by atoms with E-state index in [0.29, 0.717) is 29.3 Å². The lowest BCUT2D eigenvalue weighted by atomic mass is 9.56. The van der Waals surface area contributed by atoms with Crippen LogP contribution in [0.2, 0.25) is 0 Å². The summed E-state index contributed by atoms with van der Waals surface area (Å²) < 4.78 is 24.5. The molecule has 3 amide bonds. The molecule has 30 heavy (non-hydrogen) atoms. The standard InChI is InChI=1S/C21H25FN4O4/c1-25(2)20(28)26-11-21(12-26)7-14(8-21)5-15-3-4-16(6-18(15)22)24-19(27)29-10-17-9-23-13-30-17/h3-4,6,9,13-14H,5,7-8,10-12H2,1-2H3,(H,24,27). The molecule has 1 aromatic heterocycles. The number of aromatic nitrogens is 1. The Kier molecular flexibility index (Phi) is 5.36. The highest BCUT2D eigenvalue weighted by Crippen LogP contribution is 2.53. The van der Waals surface area contributed by atoms with Crippen molar-refractivity contribution in [2.75, 3.05) is 32.5 Å². The molecule has 1 aliphatic heterocycles. The van der Waals surface area contributed by atoms with E-state index in [1.807, 2.05) is 4.90 Å². The highest BCUT2D eigenvalue weighted by Gasteiger charge is 2.53. The fraction of sp³-hybridized carbons (Fsp3) is 0.476. The van der Waals surface area contributed by atoms with Crippen LogP contribution in [0.5, 0.6) is 0 Å². The molecule has 1 saturated carbocycles. The average molecular weight is 416 g/mol. The molecule has 1 N–H and O–H groups in total. The molecule has 1 aliphatic carbocycles. The van der Waals surface area contributed by atoms with Crippen LogP contribution in [0.4, 0.5) is 19.7 Å². The number of anilines is 1. The van der Waals surface area contributed by atoms with Crippen LogP contribution < -0.4 is 5.32 Å². The number of hydrogen-bond donors (Lipinski definition) is 1. The zero-order chi connectivity index (χ0) is 21.3. The number of ether oxygens (including phenoxy) is 1. The van der Waals surface area contributed by atoms with E-state index in [0.717, 1.165) is 25.9 Å². The van der Waals surface area contributed by atoms with Crippen molar-refractivity contribution in [3.63, 3.8) is 0 Å². The van der Waals surface area contributed by atoms with Gasteiger partial charge in [0.1, 0.15) is 5.82 Å². The number of nitrogens with zero attached hydrogens (tertiary/aromatic N) is 3. The van der Waals surface area contributed by atoms with E-state index in [1.165, 1.54) is 18.7 Å². The average Bonchev–Trinajstić information content (AvgIpc) is 3.15. The smallest absolute Gasteiger partial charge is 0.412 e. The number of halogens is 1. The number of carbonyl (C=O) groups excluding carboxylic acids is 2. The first kappa shape index (κ1) is 20.2. The Hall–Kier alpha value is -3.10. The number of rotatable bonds is 5. The van der Waals surface area contributed by atoms with Gasteiger partial charge in [0.05, 0.1) is 6.20 Å². The van der Waals surface area contributed by atoms with Gasteiger partial charge in [0.15, 0.2) is 18.8 Å². The van der Waals surface area contributed by atoms with E-state index in [1.54, 1.807) is 31.1 Å². The first-order valence-electron chi connectivity index (χ1n) is 9.89. The van der Waals surface area contributed by atoms with E-state index >= 15 is 0 Å². The maximum absolute atomic E-state index is 14.5. The van der Waals surface area contributed by atoms with Crippen molar-refractivity contribution >= 4 is 17.8 Å². The van der Waals surface area contributed by atoms with Crippen LogP contribution in [0.1, 0.15) is 24.2 Å². The van der Waals surface area contributed by atoms with Crippen LogP contribution in [0.15, 0.2) is 35.2 Å². The second kappa shape index (κ2) is 7.97. The van der Waals surface area contributed by atoms with Crippen molar-refractivity contribution in [2.24, 2.45) is 11.3 Å². The highest BCUT2D eigenvalue weighted by molar-refractivity contribution is 5.84. The van der Waals surface area contributed by atoms with Gasteiger partial charge in [-0.2, -0.15) is 0 Å². The molecule has 1 saturated heterocycles. The van der Waals surface area contributed by atoms with Crippen molar-refractivity contribution in [2.45, 2.75) is 25.9 Å². The zero-order valence-electron chi connectivity index (χ0n) is 17.1. The predicted octanol–water partition coefficient (Wildman–Crippen LogP) is 3.50. The number of nitrogens with one attached hydrogen (secondary N) is 1. The molecule has 1 spiro atoms. The minimum absolute atomic E-state index is 0.0482. The van der Waals surface area contributed by atoms with Gasteiger partial charge in [-0.05, 0) is 42.9 Å². The van der Waals surface area contributed by atoms with Crippen LogP contribution in [0.25, 0.3) is 0 Å². The van der Waals surface area contributed by atoms with Crippen molar-refractivity contribution in [1.29, 1.82) is 0 Å². The Balaban J connectivity index is 1.23. The Morgan fingerprint density at radius 1 is 1.37 bits per heavy atom. The number of urea groups is 1. The van der Waals surface area contributed by atoms with Crippen molar-refractivity contribution in [3.8, 4) is 0 Å². The fourth-order valence-corrected chi connectivity index (χ4v) is 4.45. The van der Waals surface area contributed by atoms with Gasteiger partial charge in [-0.3, -0.25) is 5.32 Å². The molecule has 2 fully saturated rings. The molecular formula is C21H25FN4O4. The second-order valence-electron chi connectivity index (χ2n) is 8.49. The van der Waals surface area contributed by atoms with E-state index in [4.69, 9.17) is 9.15 Å². The second-order valence-corrected chi connectivity index (χ2v) is 8.49. The first-order chi connectivity index (χ1) is 14.3. The molecule has 4 rings (SSSR count). The van der Waals surface area contributed by atoms with Crippen molar-refractivity contribution in [3.05, 3.63) is 47.9 Å². The first-order valence-corrected chi connectivity index (χ1v) is 9.89. The number of oxazole rings is 1. The van der Waals surface area contributed by atoms with Gasteiger partial charge < -0.3 is 19.0 Å². The number of benzene rings is 1. The van der Waals surface area contributed by atoms with Gasteiger partial charge >= 0.3 is 12.1 Å². The summed E-state index contributed by atoms with van der Waals surface area (Å²) in [6, 6.07) is 4.73. The van der Waals surface area contributed by atoms with Crippen LogP contribution in [0, 0.1) is 17.2 Å². The van der Waals surface area contributed by atoms with Gasteiger partial charge in [0.25, 0.3) is 0 Å². The van der Waals surface area contributed by atoms with Crippen LogP contribution in [-0.4, -0.2) is 54.1 Å². The zero-order valence-corrected chi connectivity index (χ0v) is 17.1. The molecule has 2 heterocycles. The summed E-state index contributed by atoms with van der Waals surface area (Å²) >= 11 is 0. The lowest BCUT2D eigenvalue weighted by molar-refractivity contribution is -0.0745. The molecule has 0 atom stereocenters. The largest absolute Gasteiger partial charge is 0.445 e. The summed E-state index contributed by atoms with van der Waals surface area (Å²) in [5.41, 5.74) is 1.19. The molecule has 9 heteroatoms. The van der Waals surface area contributed by atoms with Crippen molar-refractivity contribution in [1.82, 2.24) is 14.8 Å². The molecule has 2 aromatic rings. The van der Waals surface area contributed by atoms with Gasteiger partial charge in [0, 0.05) is 38.3 Å². The third-order valence-electron chi connectivity index (χ3n) is 5.79. The number of likely N-dealkylation sites (tertiary alicyclic amines) is 1. The maximum Gasteiger partial charge on any atom is 0.412 e. The molecule has 2 aliphatic rings. The Labute approximate surface area is 174 Å². The summed E-state index contributed by atoms with van der Waals surface area (Å²) in [7, 11) is 3.52. The molecule has 0 bridgehead atoms. The Bertz CT molecular complexity index is 917. The van der Waals surface area contributed by atoms with E-state index < -0.39 is 6.09 Å². The van der Waals surface area contributed by atoms with Crippen molar-refractivity contribution < 1.29 is 23.1 Å². The van der Waals surface area contributed by atoms with Crippen LogP contribution >= 0.6 is 0 Å². The normalized spacial score (nSPS) is 17.2. The SMILES string of the molecule is CN(C)C(=O)N1CC2(CC(Cc3ccc(NC(=O)OCc4cnco4)cc3F)C2)C1. The van der Waals surface area contributed by atoms with Gasteiger partial charge in [-0.15, -0.1) is 0 Å². The predicted molar refractivity (Wildman–Crippen MR) is 106 cm³/mol. The monoisotopic (exact) mass is 416 g/mol. The maximum atomic E-state index is 14.5. The van der Waals surface area contributed by atoms with E-state index in [9.17, 15) is 14.0 Å².